The molecule has 3 nitrogen and oxygen atoms in total. The number of rotatable bonds is 3. The monoisotopic (exact) mass is 213 g/mol. The molecule has 0 aromatic heterocycles. The number of nitro groups is 1. The Balaban J connectivity index is 3.14. The maximum atomic E-state index is 13.3. The standard InChI is InChI=1S/C9H8FNO2S/c10-9-7(4-2-6-14)3-1-5-8(9)11(12)13/h1-5,14H,6H2. The van der Waals surface area contributed by atoms with Crippen molar-refractivity contribution in [3.05, 3.63) is 45.8 Å². The molecule has 0 fully saturated rings. The van der Waals surface area contributed by atoms with Crippen LogP contribution < -0.4 is 0 Å². The summed E-state index contributed by atoms with van der Waals surface area (Å²) in [4.78, 5) is 9.63. The van der Waals surface area contributed by atoms with Gasteiger partial charge in [-0.1, -0.05) is 24.3 Å². The first-order valence-electron chi connectivity index (χ1n) is 3.87. The van der Waals surface area contributed by atoms with Crippen LogP contribution >= 0.6 is 12.6 Å². The van der Waals surface area contributed by atoms with Gasteiger partial charge < -0.3 is 0 Å². The van der Waals surface area contributed by atoms with Crippen LogP contribution in [0.2, 0.25) is 0 Å². The van der Waals surface area contributed by atoms with Crippen molar-refractivity contribution in [2.45, 2.75) is 0 Å². The zero-order valence-electron chi connectivity index (χ0n) is 7.18. The van der Waals surface area contributed by atoms with Crippen molar-refractivity contribution in [2.24, 2.45) is 0 Å². The van der Waals surface area contributed by atoms with E-state index in [2.05, 4.69) is 12.6 Å². The molecule has 0 aliphatic rings. The molecule has 0 aliphatic carbocycles. The molecule has 1 aromatic carbocycles. The summed E-state index contributed by atoms with van der Waals surface area (Å²) in [6, 6.07) is 4.05. The van der Waals surface area contributed by atoms with Gasteiger partial charge in [0.25, 0.3) is 0 Å². The van der Waals surface area contributed by atoms with Crippen molar-refractivity contribution in [2.75, 3.05) is 5.75 Å². The Kier molecular flexibility index (Phi) is 3.64. The van der Waals surface area contributed by atoms with Crippen molar-refractivity contribution in [1.29, 1.82) is 0 Å². The van der Waals surface area contributed by atoms with Crippen LogP contribution in [0.25, 0.3) is 6.08 Å². The number of thiol groups is 1. The van der Waals surface area contributed by atoms with Crippen molar-refractivity contribution in [3.63, 3.8) is 0 Å². The maximum absolute atomic E-state index is 13.3. The van der Waals surface area contributed by atoms with E-state index in [1.165, 1.54) is 18.2 Å². The Morgan fingerprint density at radius 2 is 2.29 bits per heavy atom. The van der Waals surface area contributed by atoms with Crippen LogP contribution in [0.15, 0.2) is 24.3 Å². The van der Waals surface area contributed by atoms with E-state index in [1.54, 1.807) is 6.08 Å². The van der Waals surface area contributed by atoms with Gasteiger partial charge in [-0.3, -0.25) is 10.1 Å². The summed E-state index contributed by atoms with van der Waals surface area (Å²) in [5, 5.41) is 10.4. The summed E-state index contributed by atoms with van der Waals surface area (Å²) in [7, 11) is 0. The lowest BCUT2D eigenvalue weighted by atomic mass is 10.2. The number of hydrogen-bond donors (Lipinski definition) is 1. The number of hydrogen-bond acceptors (Lipinski definition) is 3. The van der Waals surface area contributed by atoms with E-state index in [0.717, 1.165) is 6.07 Å². The highest BCUT2D eigenvalue weighted by Crippen LogP contribution is 2.20. The molecule has 0 aliphatic heterocycles. The molecule has 0 saturated carbocycles. The van der Waals surface area contributed by atoms with E-state index in [1.807, 2.05) is 0 Å². The minimum atomic E-state index is -0.810. The van der Waals surface area contributed by atoms with Gasteiger partial charge in [0.1, 0.15) is 0 Å². The Hall–Kier alpha value is -1.36. The number of halogens is 1. The predicted octanol–water partition coefficient (Wildman–Crippen LogP) is 2.68. The SMILES string of the molecule is O=[N+]([O-])c1cccc(C=CCS)c1F. The highest BCUT2D eigenvalue weighted by molar-refractivity contribution is 7.80. The summed E-state index contributed by atoms with van der Waals surface area (Å²) in [6.07, 6.45) is 3.08. The summed E-state index contributed by atoms with van der Waals surface area (Å²) < 4.78 is 13.3. The predicted molar refractivity (Wildman–Crippen MR) is 55.9 cm³/mol. The van der Waals surface area contributed by atoms with Gasteiger partial charge in [0.05, 0.1) is 4.92 Å². The fourth-order valence-electron chi connectivity index (χ4n) is 0.987. The summed E-state index contributed by atoms with van der Waals surface area (Å²) >= 11 is 3.91. The first kappa shape index (κ1) is 10.7. The van der Waals surface area contributed by atoms with Gasteiger partial charge in [0.2, 0.25) is 5.82 Å². The number of nitro benzene ring substituents is 1. The smallest absolute Gasteiger partial charge is 0.258 e. The lowest BCUT2D eigenvalue weighted by Crippen LogP contribution is -1.94. The third kappa shape index (κ3) is 2.32. The minimum Gasteiger partial charge on any atom is -0.258 e. The molecule has 0 radical (unpaired) electrons. The maximum Gasteiger partial charge on any atom is 0.305 e. The second-order valence-corrected chi connectivity index (χ2v) is 2.89. The third-order valence-corrected chi connectivity index (χ3v) is 1.82. The van der Waals surface area contributed by atoms with E-state index in [0.29, 0.717) is 5.75 Å². The first-order chi connectivity index (χ1) is 6.66. The quantitative estimate of drug-likeness (QED) is 0.476. The molecule has 5 heteroatoms. The number of benzene rings is 1. The normalized spacial score (nSPS) is 10.7. The van der Waals surface area contributed by atoms with Crippen LogP contribution in [0.4, 0.5) is 10.1 Å². The van der Waals surface area contributed by atoms with Gasteiger partial charge in [-0.2, -0.15) is 17.0 Å². The Morgan fingerprint density at radius 1 is 1.57 bits per heavy atom. The zero-order valence-corrected chi connectivity index (χ0v) is 8.08. The Labute approximate surface area is 85.8 Å². The molecule has 0 spiro atoms. The summed E-state index contributed by atoms with van der Waals surface area (Å²) in [5.41, 5.74) is -0.306. The van der Waals surface area contributed by atoms with Crippen LogP contribution in [0.3, 0.4) is 0 Å². The summed E-state index contributed by atoms with van der Waals surface area (Å²) in [6.45, 7) is 0. The van der Waals surface area contributed by atoms with Crippen molar-refractivity contribution < 1.29 is 9.31 Å². The van der Waals surface area contributed by atoms with Crippen LogP contribution in [0, 0.1) is 15.9 Å². The van der Waals surface area contributed by atoms with Crippen LogP contribution in [-0.4, -0.2) is 10.7 Å². The summed E-state index contributed by atoms with van der Waals surface area (Å²) in [5.74, 6) is -0.349. The van der Waals surface area contributed by atoms with Gasteiger partial charge in [-0.15, -0.1) is 0 Å². The molecular weight excluding hydrogens is 205 g/mol. The molecule has 0 bridgehead atoms. The lowest BCUT2D eigenvalue weighted by Gasteiger charge is -1.97. The molecule has 0 heterocycles. The van der Waals surface area contributed by atoms with E-state index in [9.17, 15) is 14.5 Å². The van der Waals surface area contributed by atoms with Gasteiger partial charge in [0.15, 0.2) is 0 Å². The van der Waals surface area contributed by atoms with Crippen LogP contribution in [0.5, 0.6) is 0 Å². The van der Waals surface area contributed by atoms with Crippen molar-refractivity contribution in [3.8, 4) is 0 Å². The average molecular weight is 213 g/mol. The molecule has 14 heavy (non-hydrogen) atoms. The van der Waals surface area contributed by atoms with E-state index >= 15 is 0 Å². The fourth-order valence-corrected chi connectivity index (χ4v) is 1.09. The van der Waals surface area contributed by atoms with Gasteiger partial charge >= 0.3 is 5.69 Å². The van der Waals surface area contributed by atoms with Crippen molar-refractivity contribution >= 4 is 24.4 Å². The van der Waals surface area contributed by atoms with Gasteiger partial charge in [-0.05, 0) is 0 Å². The molecular formula is C9H8FNO2S. The third-order valence-electron chi connectivity index (χ3n) is 1.61. The second-order valence-electron chi connectivity index (χ2n) is 2.52. The first-order valence-corrected chi connectivity index (χ1v) is 4.50. The largest absolute Gasteiger partial charge is 0.305 e. The van der Waals surface area contributed by atoms with E-state index in [4.69, 9.17) is 0 Å². The van der Waals surface area contributed by atoms with Crippen molar-refractivity contribution in [1.82, 2.24) is 0 Å². The minimum absolute atomic E-state index is 0.202. The average Bonchev–Trinajstić information content (AvgIpc) is 2.16. The highest BCUT2D eigenvalue weighted by atomic mass is 32.1. The Morgan fingerprint density at radius 3 is 2.86 bits per heavy atom. The topological polar surface area (TPSA) is 43.1 Å². The molecule has 0 amide bonds. The molecule has 74 valence electrons. The molecule has 1 rings (SSSR count). The molecule has 0 atom stereocenters. The zero-order chi connectivity index (χ0) is 10.6. The van der Waals surface area contributed by atoms with Crippen LogP contribution in [0.1, 0.15) is 5.56 Å². The highest BCUT2D eigenvalue weighted by Gasteiger charge is 2.15. The molecule has 0 unspecified atom stereocenters. The molecule has 0 saturated heterocycles. The molecule has 0 N–H and O–H groups in total. The van der Waals surface area contributed by atoms with E-state index in [-0.39, 0.29) is 5.56 Å². The fraction of sp³-hybridized carbons (Fsp3) is 0.111. The number of nitrogens with zero attached hydrogens (tertiary/aromatic N) is 1. The Bertz CT molecular complexity index is 379. The van der Waals surface area contributed by atoms with Gasteiger partial charge in [-0.25, -0.2) is 0 Å². The lowest BCUT2D eigenvalue weighted by molar-refractivity contribution is -0.387. The second kappa shape index (κ2) is 4.76. The van der Waals surface area contributed by atoms with E-state index < -0.39 is 16.4 Å². The molecule has 1 aromatic rings. The van der Waals surface area contributed by atoms with Gasteiger partial charge in [0, 0.05) is 17.4 Å². The van der Waals surface area contributed by atoms with Crippen LogP contribution in [-0.2, 0) is 0 Å².